The van der Waals surface area contributed by atoms with Crippen molar-refractivity contribution in [3.8, 4) is 0 Å². The SMILES string of the molecule is CC.CN(CCOF)CCO[C@H]1OC(CO)[C@@H](O)C(O)C1O.OCC1CC(O)C(O)CO1. The quantitative estimate of drug-likeness (QED) is 0.181. The molecule has 2 rings (SSSR count). The molecule has 2 fully saturated rings. The molecule has 0 spiro atoms. The zero-order chi connectivity index (χ0) is 24.7. The van der Waals surface area contributed by atoms with Gasteiger partial charge in [0.05, 0.1) is 38.6 Å². The molecule has 2 aliphatic rings. The fourth-order valence-electron chi connectivity index (χ4n) is 2.80. The molecule has 0 aliphatic carbocycles. The molecule has 0 aromatic carbocycles. The lowest BCUT2D eigenvalue weighted by Gasteiger charge is -2.39. The van der Waals surface area contributed by atoms with E-state index in [1.807, 2.05) is 13.8 Å². The minimum atomic E-state index is -1.46. The van der Waals surface area contributed by atoms with Crippen molar-refractivity contribution in [1.82, 2.24) is 4.90 Å². The van der Waals surface area contributed by atoms with E-state index in [1.54, 1.807) is 11.9 Å². The van der Waals surface area contributed by atoms with Crippen LogP contribution in [0.1, 0.15) is 20.3 Å². The predicted molar refractivity (Wildman–Crippen MR) is 109 cm³/mol. The Hall–Kier alpha value is -0.550. The van der Waals surface area contributed by atoms with Gasteiger partial charge in [-0.25, -0.2) is 0 Å². The molecule has 12 nitrogen and oxygen atoms in total. The van der Waals surface area contributed by atoms with Crippen LogP contribution in [0.25, 0.3) is 0 Å². The largest absolute Gasteiger partial charge is 0.394 e. The third-order valence-corrected chi connectivity index (χ3v) is 4.81. The summed E-state index contributed by atoms with van der Waals surface area (Å²) in [5.74, 6) is 0. The molecule has 0 radical (unpaired) electrons. The van der Waals surface area contributed by atoms with Gasteiger partial charge in [0.25, 0.3) is 0 Å². The monoisotopic (exact) mass is 477 g/mol. The van der Waals surface area contributed by atoms with E-state index < -0.39 is 49.5 Å². The van der Waals surface area contributed by atoms with Crippen molar-refractivity contribution < 1.29 is 59.4 Å². The van der Waals surface area contributed by atoms with Gasteiger partial charge in [-0.3, -0.25) is 0 Å². The van der Waals surface area contributed by atoms with E-state index in [4.69, 9.17) is 34.6 Å². The first-order valence-corrected chi connectivity index (χ1v) is 10.7. The second-order valence-electron chi connectivity index (χ2n) is 7.19. The first-order chi connectivity index (χ1) is 15.2. The lowest BCUT2D eigenvalue weighted by atomic mass is 9.99. The standard InChI is InChI=1S/C11H22FNO7.C6H12O4.C2H6/c1-13(3-5-19-12)2-4-18-11-10(17)9(16)8(15)7(6-14)20-11;7-2-4-1-5(8)6(9)3-10-4;1-2/h7-11,14-17H,2-6H2,1H3;4-9H,1-3H2;1-2H3/t7?,8-,9?,10?,11+;;/m1../s1. The number of ether oxygens (including phenoxy) is 3. The van der Waals surface area contributed by atoms with Gasteiger partial charge in [-0.2, -0.15) is 4.94 Å². The maximum absolute atomic E-state index is 11.5. The number of hydrogen-bond donors (Lipinski definition) is 7. The summed E-state index contributed by atoms with van der Waals surface area (Å²) in [6.07, 6.45) is -7.92. The van der Waals surface area contributed by atoms with Crippen LogP contribution in [0.15, 0.2) is 0 Å². The lowest BCUT2D eigenvalue weighted by molar-refractivity contribution is -0.301. The minimum Gasteiger partial charge on any atom is -0.394 e. The molecular formula is C19H40FNO11. The van der Waals surface area contributed by atoms with Crippen LogP contribution in [0.2, 0.25) is 0 Å². The normalized spacial score (nSPS) is 34.9. The highest BCUT2D eigenvalue weighted by atomic mass is 19.3. The lowest BCUT2D eigenvalue weighted by Crippen LogP contribution is -2.59. The van der Waals surface area contributed by atoms with Crippen LogP contribution in [0, 0.1) is 0 Å². The summed E-state index contributed by atoms with van der Waals surface area (Å²) in [4.78, 5) is 5.18. The molecule has 32 heavy (non-hydrogen) atoms. The number of nitrogens with zero attached hydrogens (tertiary/aromatic N) is 1. The highest BCUT2D eigenvalue weighted by molar-refractivity contribution is 4.88. The average Bonchev–Trinajstić information content (AvgIpc) is 2.81. The van der Waals surface area contributed by atoms with Gasteiger partial charge >= 0.3 is 0 Å². The van der Waals surface area contributed by atoms with Crippen LogP contribution in [0.5, 0.6) is 0 Å². The Labute approximate surface area is 187 Å². The van der Waals surface area contributed by atoms with Gasteiger partial charge in [-0.05, 0) is 11.6 Å². The molecule has 2 heterocycles. The molecule has 2 aliphatic heterocycles. The van der Waals surface area contributed by atoms with Crippen LogP contribution in [-0.2, 0) is 19.2 Å². The summed E-state index contributed by atoms with van der Waals surface area (Å²) in [5.41, 5.74) is 0. The molecule has 0 aromatic rings. The highest BCUT2D eigenvalue weighted by Crippen LogP contribution is 2.21. The van der Waals surface area contributed by atoms with E-state index in [1.165, 1.54) is 0 Å². The topological polar surface area (TPSA) is 182 Å². The maximum atomic E-state index is 11.5. The molecule has 8 atom stereocenters. The predicted octanol–water partition coefficient (Wildman–Crippen LogP) is -2.85. The molecule has 0 amide bonds. The van der Waals surface area contributed by atoms with Crippen LogP contribution in [0.4, 0.5) is 4.53 Å². The Balaban J connectivity index is 0.000000668. The molecule has 0 saturated carbocycles. The fourth-order valence-corrected chi connectivity index (χ4v) is 2.80. The summed E-state index contributed by atoms with van der Waals surface area (Å²) in [5, 5.41) is 64.4. The second kappa shape index (κ2) is 17.9. The molecule has 7 N–H and O–H groups in total. The zero-order valence-corrected chi connectivity index (χ0v) is 18.9. The second-order valence-corrected chi connectivity index (χ2v) is 7.19. The number of aliphatic hydroxyl groups is 7. The Morgan fingerprint density at radius 2 is 1.53 bits per heavy atom. The van der Waals surface area contributed by atoms with E-state index in [9.17, 15) is 19.8 Å². The van der Waals surface area contributed by atoms with Crippen molar-refractivity contribution in [2.24, 2.45) is 0 Å². The van der Waals surface area contributed by atoms with Crippen molar-refractivity contribution in [2.45, 2.75) is 69.3 Å². The van der Waals surface area contributed by atoms with Crippen LogP contribution in [0.3, 0.4) is 0 Å². The Bertz CT molecular complexity index is 451. The van der Waals surface area contributed by atoms with E-state index in [0.29, 0.717) is 19.5 Å². The van der Waals surface area contributed by atoms with Crippen LogP contribution < -0.4 is 0 Å². The fraction of sp³-hybridized carbons (Fsp3) is 1.00. The van der Waals surface area contributed by atoms with Gasteiger partial charge < -0.3 is 54.9 Å². The molecule has 194 valence electrons. The highest BCUT2D eigenvalue weighted by Gasteiger charge is 2.43. The van der Waals surface area contributed by atoms with Gasteiger partial charge in [0.15, 0.2) is 6.29 Å². The first-order valence-electron chi connectivity index (χ1n) is 10.7. The van der Waals surface area contributed by atoms with Gasteiger partial charge in [0.1, 0.15) is 37.1 Å². The molecule has 13 heteroatoms. The maximum Gasteiger partial charge on any atom is 0.186 e. The summed E-state index contributed by atoms with van der Waals surface area (Å²) >= 11 is 0. The van der Waals surface area contributed by atoms with Crippen molar-refractivity contribution in [2.75, 3.05) is 53.2 Å². The van der Waals surface area contributed by atoms with Crippen LogP contribution in [-0.4, -0.2) is 143 Å². The smallest absolute Gasteiger partial charge is 0.186 e. The Morgan fingerprint density at radius 3 is 2.06 bits per heavy atom. The van der Waals surface area contributed by atoms with Crippen molar-refractivity contribution in [3.05, 3.63) is 0 Å². The molecule has 0 bridgehead atoms. The van der Waals surface area contributed by atoms with E-state index in [0.717, 1.165) is 0 Å². The van der Waals surface area contributed by atoms with Crippen molar-refractivity contribution >= 4 is 0 Å². The summed E-state index contributed by atoms with van der Waals surface area (Å²) in [6.45, 7) is 4.42. The summed E-state index contributed by atoms with van der Waals surface area (Å²) < 4.78 is 26.9. The van der Waals surface area contributed by atoms with E-state index in [2.05, 4.69) is 4.94 Å². The minimum absolute atomic E-state index is 0.0590. The third kappa shape index (κ3) is 11.0. The number of rotatable bonds is 9. The van der Waals surface area contributed by atoms with Gasteiger partial charge in [-0.1, -0.05) is 13.8 Å². The first kappa shape index (κ1) is 31.4. The van der Waals surface area contributed by atoms with E-state index >= 15 is 0 Å². The molecule has 2 saturated heterocycles. The molecule has 6 unspecified atom stereocenters. The Morgan fingerprint density at radius 1 is 0.906 bits per heavy atom. The van der Waals surface area contributed by atoms with Gasteiger partial charge in [0, 0.05) is 19.5 Å². The zero-order valence-electron chi connectivity index (χ0n) is 18.9. The molecular weight excluding hydrogens is 437 g/mol. The number of likely N-dealkylation sites (N-methyl/N-ethyl adjacent to an activating group) is 1. The Kier molecular flexibility index (Phi) is 17.6. The average molecular weight is 478 g/mol. The summed E-state index contributed by atoms with van der Waals surface area (Å²) in [7, 11) is 1.73. The van der Waals surface area contributed by atoms with E-state index in [-0.39, 0.29) is 32.5 Å². The number of hydrogen-bond acceptors (Lipinski definition) is 12. The molecule has 0 aromatic heterocycles. The van der Waals surface area contributed by atoms with Gasteiger partial charge in [-0.15, -0.1) is 0 Å². The van der Waals surface area contributed by atoms with Crippen molar-refractivity contribution in [1.29, 1.82) is 0 Å². The summed E-state index contributed by atoms with van der Waals surface area (Å²) in [6, 6.07) is 0. The van der Waals surface area contributed by atoms with Gasteiger partial charge in [0.2, 0.25) is 0 Å². The van der Waals surface area contributed by atoms with Crippen LogP contribution >= 0.6 is 0 Å². The number of halogens is 1. The van der Waals surface area contributed by atoms with Crippen molar-refractivity contribution in [3.63, 3.8) is 0 Å². The number of aliphatic hydroxyl groups excluding tert-OH is 7. The third-order valence-electron chi connectivity index (χ3n) is 4.81.